The van der Waals surface area contributed by atoms with Gasteiger partial charge in [0.25, 0.3) is 0 Å². The van der Waals surface area contributed by atoms with E-state index in [1.54, 1.807) is 24.3 Å². The van der Waals surface area contributed by atoms with Crippen molar-refractivity contribution in [2.75, 3.05) is 6.54 Å². The molecular weight excluding hydrogens is 304 g/mol. The van der Waals surface area contributed by atoms with E-state index in [9.17, 15) is 9.90 Å². The molecule has 2 N–H and O–H groups in total. The van der Waals surface area contributed by atoms with E-state index in [1.165, 1.54) is 12.8 Å². The van der Waals surface area contributed by atoms with Gasteiger partial charge < -0.3 is 14.9 Å². The summed E-state index contributed by atoms with van der Waals surface area (Å²) in [6.07, 6.45) is 2.47. The molecular formula is C16H17ClN2O3. The highest BCUT2D eigenvalue weighted by molar-refractivity contribution is 6.30. The van der Waals surface area contributed by atoms with Crippen molar-refractivity contribution in [1.29, 1.82) is 0 Å². The lowest BCUT2D eigenvalue weighted by Crippen LogP contribution is -2.22. The Labute approximate surface area is 133 Å². The van der Waals surface area contributed by atoms with E-state index >= 15 is 0 Å². The van der Waals surface area contributed by atoms with Crippen LogP contribution in [-0.2, 0) is 0 Å². The molecule has 1 fully saturated rings. The van der Waals surface area contributed by atoms with Crippen LogP contribution < -0.4 is 5.32 Å². The lowest BCUT2D eigenvalue weighted by atomic mass is 10.0. The summed E-state index contributed by atoms with van der Waals surface area (Å²) < 4.78 is 5.33. The van der Waals surface area contributed by atoms with Gasteiger partial charge in [0, 0.05) is 10.6 Å². The highest BCUT2D eigenvalue weighted by Crippen LogP contribution is 2.32. The van der Waals surface area contributed by atoms with E-state index in [0.29, 0.717) is 28.0 Å². The third-order valence-electron chi connectivity index (χ3n) is 3.85. The van der Waals surface area contributed by atoms with Crippen LogP contribution in [0, 0.1) is 5.92 Å². The molecule has 0 radical (unpaired) electrons. The fraction of sp³-hybridized carbons (Fsp3) is 0.375. The number of aromatic nitrogens is 1. The highest BCUT2D eigenvalue weighted by Gasteiger charge is 2.28. The summed E-state index contributed by atoms with van der Waals surface area (Å²) in [5.41, 5.74) is 1.11. The van der Waals surface area contributed by atoms with E-state index in [1.807, 2.05) is 6.92 Å². The van der Waals surface area contributed by atoms with E-state index in [0.717, 1.165) is 6.54 Å². The van der Waals surface area contributed by atoms with Gasteiger partial charge in [0.2, 0.25) is 0 Å². The Hall–Kier alpha value is -1.85. The molecule has 0 aliphatic heterocycles. The summed E-state index contributed by atoms with van der Waals surface area (Å²) in [5, 5.41) is 17.4. The van der Waals surface area contributed by atoms with Gasteiger partial charge in [0.1, 0.15) is 11.3 Å². The Kier molecular flexibility index (Phi) is 4.18. The number of aromatic carboxylic acids is 1. The first-order chi connectivity index (χ1) is 10.6. The molecule has 1 aliphatic rings. The van der Waals surface area contributed by atoms with Gasteiger partial charge in [-0.05, 0) is 44.4 Å². The quantitative estimate of drug-likeness (QED) is 0.847. The molecule has 1 aliphatic carbocycles. The van der Waals surface area contributed by atoms with Crippen LogP contribution in [0.3, 0.4) is 0 Å². The molecule has 3 rings (SSSR count). The number of carbonyl (C=O) groups is 1. The molecule has 1 atom stereocenters. The molecule has 5 nitrogen and oxygen atoms in total. The third-order valence-corrected chi connectivity index (χ3v) is 4.10. The zero-order chi connectivity index (χ0) is 15.7. The number of halogens is 1. The summed E-state index contributed by atoms with van der Waals surface area (Å²) in [4.78, 5) is 11.6. The minimum absolute atomic E-state index is 0.109. The Bertz CT molecular complexity index is 677. The van der Waals surface area contributed by atoms with Crippen LogP contribution in [0.1, 0.15) is 41.9 Å². The summed E-state index contributed by atoms with van der Waals surface area (Å²) in [6, 6.07) is 6.68. The first kappa shape index (κ1) is 15.1. The van der Waals surface area contributed by atoms with Gasteiger partial charge in [-0.25, -0.2) is 4.79 Å². The third kappa shape index (κ3) is 3.15. The topological polar surface area (TPSA) is 75.4 Å². The zero-order valence-corrected chi connectivity index (χ0v) is 12.9. The van der Waals surface area contributed by atoms with E-state index in [2.05, 4.69) is 10.5 Å². The average molecular weight is 321 g/mol. The number of nitrogens with one attached hydrogen (secondary N) is 1. The van der Waals surface area contributed by atoms with Crippen LogP contribution in [0.15, 0.2) is 28.8 Å². The normalized spacial score (nSPS) is 15.7. The monoisotopic (exact) mass is 320 g/mol. The molecule has 2 aromatic rings. The molecule has 1 aromatic carbocycles. The molecule has 0 amide bonds. The predicted octanol–water partition coefficient (Wildman–Crippen LogP) is 3.75. The zero-order valence-electron chi connectivity index (χ0n) is 12.2. The van der Waals surface area contributed by atoms with Gasteiger partial charge in [-0.15, -0.1) is 0 Å². The maximum absolute atomic E-state index is 11.6. The molecule has 22 heavy (non-hydrogen) atoms. The number of carboxylic acids is 1. The largest absolute Gasteiger partial charge is 0.477 e. The summed E-state index contributed by atoms with van der Waals surface area (Å²) in [7, 11) is 0. The van der Waals surface area contributed by atoms with Crippen molar-refractivity contribution in [2.24, 2.45) is 5.92 Å². The first-order valence-corrected chi connectivity index (χ1v) is 7.66. The Morgan fingerprint density at radius 1 is 1.45 bits per heavy atom. The second kappa shape index (κ2) is 6.10. The van der Waals surface area contributed by atoms with Crippen LogP contribution in [0.5, 0.6) is 0 Å². The number of rotatable bonds is 6. The number of hydrogen-bond acceptors (Lipinski definition) is 4. The summed E-state index contributed by atoms with van der Waals surface area (Å²) in [5.74, 6) is 0.0220. The smallest absolute Gasteiger partial charge is 0.341 e. The van der Waals surface area contributed by atoms with Crippen molar-refractivity contribution in [3.05, 3.63) is 40.6 Å². The standard InChI is InChI=1S/C16H17ClN2O3/c1-9(18-8-10-2-3-10)15-13(16(20)21)14(19-22-15)11-4-6-12(17)7-5-11/h4-7,9-10,18H,2-3,8H2,1H3,(H,20,21). The highest BCUT2D eigenvalue weighted by atomic mass is 35.5. The summed E-state index contributed by atoms with van der Waals surface area (Å²) >= 11 is 5.86. The molecule has 1 saturated carbocycles. The number of benzene rings is 1. The molecule has 0 spiro atoms. The number of carboxylic acid groups (broad SMARTS) is 1. The van der Waals surface area contributed by atoms with Crippen LogP contribution in [0.2, 0.25) is 5.02 Å². The van der Waals surface area contributed by atoms with Crippen molar-refractivity contribution in [3.63, 3.8) is 0 Å². The van der Waals surface area contributed by atoms with Gasteiger partial charge in [0.15, 0.2) is 5.76 Å². The maximum Gasteiger partial charge on any atom is 0.341 e. The Balaban J connectivity index is 1.90. The van der Waals surface area contributed by atoms with Crippen LogP contribution >= 0.6 is 11.6 Å². The second-order valence-corrected chi connectivity index (χ2v) is 6.09. The van der Waals surface area contributed by atoms with Gasteiger partial charge >= 0.3 is 5.97 Å². The lowest BCUT2D eigenvalue weighted by Gasteiger charge is -2.11. The van der Waals surface area contributed by atoms with Gasteiger partial charge in [-0.1, -0.05) is 28.9 Å². The lowest BCUT2D eigenvalue weighted by molar-refractivity contribution is 0.0694. The fourth-order valence-corrected chi connectivity index (χ4v) is 2.49. The number of nitrogens with zero attached hydrogens (tertiary/aromatic N) is 1. The van der Waals surface area contributed by atoms with E-state index in [4.69, 9.17) is 16.1 Å². The van der Waals surface area contributed by atoms with Gasteiger partial charge in [-0.2, -0.15) is 0 Å². The molecule has 116 valence electrons. The molecule has 1 aromatic heterocycles. The van der Waals surface area contributed by atoms with Crippen molar-refractivity contribution in [1.82, 2.24) is 10.5 Å². The Morgan fingerprint density at radius 2 is 2.14 bits per heavy atom. The SMILES string of the molecule is CC(NCC1CC1)c1onc(-c2ccc(Cl)cc2)c1C(=O)O. The molecule has 6 heteroatoms. The fourth-order valence-electron chi connectivity index (χ4n) is 2.37. The Morgan fingerprint density at radius 3 is 2.73 bits per heavy atom. The second-order valence-electron chi connectivity index (χ2n) is 5.66. The summed E-state index contributed by atoms with van der Waals surface area (Å²) in [6.45, 7) is 2.76. The van der Waals surface area contributed by atoms with Crippen molar-refractivity contribution in [2.45, 2.75) is 25.8 Å². The van der Waals surface area contributed by atoms with Gasteiger partial charge in [-0.3, -0.25) is 0 Å². The average Bonchev–Trinajstić information content (AvgIpc) is 3.21. The van der Waals surface area contributed by atoms with Crippen molar-refractivity contribution >= 4 is 17.6 Å². The van der Waals surface area contributed by atoms with Crippen molar-refractivity contribution < 1.29 is 14.4 Å². The van der Waals surface area contributed by atoms with E-state index < -0.39 is 5.97 Å². The molecule has 0 bridgehead atoms. The molecule has 0 saturated heterocycles. The maximum atomic E-state index is 11.6. The number of hydrogen-bond donors (Lipinski definition) is 2. The van der Waals surface area contributed by atoms with Crippen LogP contribution in [-0.4, -0.2) is 22.8 Å². The van der Waals surface area contributed by atoms with Crippen molar-refractivity contribution in [3.8, 4) is 11.3 Å². The minimum Gasteiger partial charge on any atom is -0.477 e. The molecule has 1 heterocycles. The minimum atomic E-state index is -1.04. The van der Waals surface area contributed by atoms with Gasteiger partial charge in [0.05, 0.1) is 6.04 Å². The first-order valence-electron chi connectivity index (χ1n) is 7.28. The predicted molar refractivity (Wildman–Crippen MR) is 83.1 cm³/mol. The van der Waals surface area contributed by atoms with Crippen LogP contribution in [0.4, 0.5) is 0 Å². The van der Waals surface area contributed by atoms with E-state index in [-0.39, 0.29) is 11.6 Å². The molecule has 1 unspecified atom stereocenters. The van der Waals surface area contributed by atoms with Crippen LogP contribution in [0.25, 0.3) is 11.3 Å².